The summed E-state index contributed by atoms with van der Waals surface area (Å²) in [7, 11) is 0. The Morgan fingerprint density at radius 1 is 1.00 bits per heavy atom. The van der Waals surface area contributed by atoms with Crippen LogP contribution in [0.4, 0.5) is 5.69 Å². The van der Waals surface area contributed by atoms with Gasteiger partial charge in [0.05, 0.1) is 6.10 Å². The largest absolute Gasteiger partial charge is 0.504 e. The topological polar surface area (TPSA) is 99.4 Å². The Bertz CT molecular complexity index is 827. The van der Waals surface area contributed by atoms with Crippen LogP contribution in [0.25, 0.3) is 0 Å². The van der Waals surface area contributed by atoms with Crippen LogP contribution in [0, 0.1) is 19.8 Å². The van der Waals surface area contributed by atoms with Gasteiger partial charge in [0.25, 0.3) is 0 Å². The van der Waals surface area contributed by atoms with Crippen LogP contribution in [0.1, 0.15) is 29.7 Å². The minimum Gasteiger partial charge on any atom is -0.504 e. The van der Waals surface area contributed by atoms with Gasteiger partial charge in [-0.25, -0.2) is 5.01 Å². The first-order valence-corrected chi connectivity index (χ1v) is 10.0. The Hall–Kier alpha value is -2.48. The first kappa shape index (κ1) is 21.2. The SMILES string of the molecule is Cc1cccc(N2CCN(NCC(C)C(O)c3cc(O)c(O)c(O)c3)CC2)c1C. The number of anilines is 1. The Morgan fingerprint density at radius 2 is 1.62 bits per heavy atom. The van der Waals surface area contributed by atoms with Gasteiger partial charge in [-0.15, -0.1) is 0 Å². The molecule has 5 N–H and O–H groups in total. The average molecular weight is 402 g/mol. The molecule has 158 valence electrons. The van der Waals surface area contributed by atoms with Crippen molar-refractivity contribution in [3.63, 3.8) is 0 Å². The van der Waals surface area contributed by atoms with Gasteiger partial charge >= 0.3 is 0 Å². The van der Waals surface area contributed by atoms with Gasteiger partial charge in [-0.05, 0) is 48.7 Å². The highest BCUT2D eigenvalue weighted by atomic mass is 16.3. The molecule has 1 heterocycles. The number of hydrogen-bond donors (Lipinski definition) is 5. The molecule has 7 heteroatoms. The van der Waals surface area contributed by atoms with E-state index in [4.69, 9.17) is 0 Å². The maximum Gasteiger partial charge on any atom is 0.200 e. The molecule has 0 amide bonds. The standard InChI is InChI=1S/C22H31N3O4/c1-14-5-4-6-18(16(14)3)24-7-9-25(10-8-24)23-13-15(2)21(28)17-11-19(26)22(29)20(27)12-17/h4-6,11-12,15,21,23,26-29H,7-10,13H2,1-3H3. The summed E-state index contributed by atoms with van der Waals surface area (Å²) in [5, 5.41) is 41.5. The number of benzene rings is 2. The number of nitrogens with zero attached hydrogens (tertiary/aromatic N) is 2. The maximum atomic E-state index is 10.5. The van der Waals surface area contributed by atoms with Crippen molar-refractivity contribution in [2.45, 2.75) is 26.9 Å². The van der Waals surface area contributed by atoms with E-state index in [1.807, 2.05) is 6.92 Å². The molecule has 1 saturated heterocycles. The third-order valence-electron chi connectivity index (χ3n) is 5.81. The lowest BCUT2D eigenvalue weighted by Gasteiger charge is -2.37. The summed E-state index contributed by atoms with van der Waals surface area (Å²) in [5.41, 5.74) is 7.67. The molecule has 3 rings (SSSR count). The number of aliphatic hydroxyl groups is 1. The molecule has 1 aliphatic rings. The van der Waals surface area contributed by atoms with Gasteiger partial charge in [0.1, 0.15) is 0 Å². The number of phenols is 3. The van der Waals surface area contributed by atoms with Crippen molar-refractivity contribution in [1.82, 2.24) is 10.4 Å². The number of aliphatic hydroxyl groups excluding tert-OH is 1. The second-order valence-corrected chi connectivity index (χ2v) is 7.89. The lowest BCUT2D eigenvalue weighted by molar-refractivity contribution is 0.0894. The molecule has 29 heavy (non-hydrogen) atoms. The Labute approximate surface area is 171 Å². The Kier molecular flexibility index (Phi) is 6.52. The fourth-order valence-corrected chi connectivity index (χ4v) is 3.69. The van der Waals surface area contributed by atoms with Gasteiger partial charge in [-0.3, -0.25) is 5.43 Å². The first-order chi connectivity index (χ1) is 13.8. The number of phenolic OH excluding ortho intramolecular Hbond substituents is 3. The lowest BCUT2D eigenvalue weighted by Crippen LogP contribution is -2.53. The highest BCUT2D eigenvalue weighted by Crippen LogP contribution is 2.38. The zero-order valence-corrected chi connectivity index (χ0v) is 17.3. The minimum atomic E-state index is -0.879. The van der Waals surface area contributed by atoms with Crippen molar-refractivity contribution in [2.75, 3.05) is 37.6 Å². The molecule has 2 aromatic carbocycles. The number of aromatic hydroxyl groups is 3. The number of piperazine rings is 1. The minimum absolute atomic E-state index is 0.157. The van der Waals surface area contributed by atoms with Gasteiger partial charge in [0.15, 0.2) is 17.2 Å². The quantitative estimate of drug-likeness (QED) is 0.474. The average Bonchev–Trinajstić information content (AvgIpc) is 2.71. The summed E-state index contributed by atoms with van der Waals surface area (Å²) in [4.78, 5) is 2.40. The van der Waals surface area contributed by atoms with E-state index in [1.54, 1.807) is 0 Å². The second kappa shape index (κ2) is 8.90. The van der Waals surface area contributed by atoms with Crippen LogP contribution < -0.4 is 10.3 Å². The summed E-state index contributed by atoms with van der Waals surface area (Å²) >= 11 is 0. The molecule has 1 aliphatic heterocycles. The highest BCUT2D eigenvalue weighted by Gasteiger charge is 2.22. The number of hydrogen-bond acceptors (Lipinski definition) is 7. The summed E-state index contributed by atoms with van der Waals surface area (Å²) in [5.74, 6) is -1.62. The van der Waals surface area contributed by atoms with Crippen LogP contribution in [0.3, 0.4) is 0 Å². The summed E-state index contributed by atoms with van der Waals surface area (Å²) in [6, 6.07) is 8.96. The fourth-order valence-electron chi connectivity index (χ4n) is 3.69. The van der Waals surface area contributed by atoms with E-state index in [2.05, 4.69) is 47.4 Å². The van der Waals surface area contributed by atoms with Gasteiger partial charge in [-0.2, -0.15) is 0 Å². The Balaban J connectivity index is 1.51. The van der Waals surface area contributed by atoms with Crippen molar-refractivity contribution in [1.29, 1.82) is 0 Å². The predicted octanol–water partition coefficient (Wildman–Crippen LogP) is 2.42. The molecule has 0 radical (unpaired) electrons. The van der Waals surface area contributed by atoms with Crippen molar-refractivity contribution in [2.24, 2.45) is 5.92 Å². The molecule has 0 bridgehead atoms. The Morgan fingerprint density at radius 3 is 2.24 bits per heavy atom. The molecule has 1 fully saturated rings. The van der Waals surface area contributed by atoms with Crippen LogP contribution >= 0.6 is 0 Å². The van der Waals surface area contributed by atoms with E-state index in [0.717, 1.165) is 26.2 Å². The monoisotopic (exact) mass is 401 g/mol. The molecule has 2 aromatic rings. The zero-order chi connectivity index (χ0) is 21.1. The normalized spacial score (nSPS) is 17.3. The highest BCUT2D eigenvalue weighted by molar-refractivity contribution is 5.56. The van der Waals surface area contributed by atoms with E-state index in [9.17, 15) is 20.4 Å². The molecular formula is C22H31N3O4. The van der Waals surface area contributed by atoms with E-state index >= 15 is 0 Å². The molecular weight excluding hydrogens is 370 g/mol. The molecule has 0 aliphatic carbocycles. The number of rotatable bonds is 6. The van der Waals surface area contributed by atoms with Gasteiger partial charge in [-0.1, -0.05) is 19.1 Å². The van der Waals surface area contributed by atoms with Gasteiger partial charge < -0.3 is 25.3 Å². The van der Waals surface area contributed by atoms with E-state index in [-0.39, 0.29) is 5.92 Å². The van der Waals surface area contributed by atoms with Crippen LogP contribution in [0.5, 0.6) is 17.2 Å². The van der Waals surface area contributed by atoms with Crippen molar-refractivity contribution in [3.05, 3.63) is 47.0 Å². The summed E-state index contributed by atoms with van der Waals surface area (Å²) < 4.78 is 0. The smallest absolute Gasteiger partial charge is 0.200 e. The predicted molar refractivity (Wildman–Crippen MR) is 113 cm³/mol. The molecule has 0 spiro atoms. The first-order valence-electron chi connectivity index (χ1n) is 10.0. The molecule has 0 aromatic heterocycles. The fraction of sp³-hybridized carbons (Fsp3) is 0.455. The van der Waals surface area contributed by atoms with Crippen molar-refractivity contribution in [3.8, 4) is 17.2 Å². The number of hydrazine groups is 1. The van der Waals surface area contributed by atoms with Gasteiger partial charge in [0, 0.05) is 44.3 Å². The van der Waals surface area contributed by atoms with Crippen LogP contribution in [0.15, 0.2) is 30.3 Å². The zero-order valence-electron chi connectivity index (χ0n) is 17.3. The molecule has 2 atom stereocenters. The molecule has 7 nitrogen and oxygen atoms in total. The number of aryl methyl sites for hydroxylation is 1. The maximum absolute atomic E-state index is 10.5. The van der Waals surface area contributed by atoms with Gasteiger partial charge in [0.2, 0.25) is 0 Å². The van der Waals surface area contributed by atoms with Crippen molar-refractivity contribution >= 4 is 5.69 Å². The summed E-state index contributed by atoms with van der Waals surface area (Å²) in [6.07, 6.45) is -0.879. The van der Waals surface area contributed by atoms with Crippen LogP contribution in [-0.4, -0.2) is 58.2 Å². The number of nitrogens with one attached hydrogen (secondary N) is 1. The molecule has 2 unspecified atom stereocenters. The van der Waals surface area contributed by atoms with Crippen molar-refractivity contribution < 1.29 is 20.4 Å². The second-order valence-electron chi connectivity index (χ2n) is 7.89. The lowest BCUT2D eigenvalue weighted by atomic mass is 9.97. The third kappa shape index (κ3) is 4.75. The summed E-state index contributed by atoms with van der Waals surface area (Å²) in [6.45, 7) is 10.3. The van der Waals surface area contributed by atoms with E-state index in [0.29, 0.717) is 12.1 Å². The van der Waals surface area contributed by atoms with E-state index in [1.165, 1.54) is 28.9 Å². The van der Waals surface area contributed by atoms with E-state index < -0.39 is 23.4 Å². The third-order valence-corrected chi connectivity index (χ3v) is 5.81. The van der Waals surface area contributed by atoms with Crippen LogP contribution in [-0.2, 0) is 0 Å². The molecule has 0 saturated carbocycles. The van der Waals surface area contributed by atoms with Crippen LogP contribution in [0.2, 0.25) is 0 Å².